The van der Waals surface area contributed by atoms with Crippen molar-refractivity contribution in [2.45, 2.75) is 0 Å². The van der Waals surface area contributed by atoms with Crippen molar-refractivity contribution in [2.24, 2.45) is 0 Å². The van der Waals surface area contributed by atoms with Crippen LogP contribution in [0.2, 0.25) is 0 Å². The molecule has 2 heterocycles. The van der Waals surface area contributed by atoms with E-state index >= 15 is 0 Å². The van der Waals surface area contributed by atoms with Gasteiger partial charge in [-0.15, -0.1) is 11.3 Å². The molecular formula is C12H7BrN2O2S. The Labute approximate surface area is 115 Å². The summed E-state index contributed by atoms with van der Waals surface area (Å²) in [6.45, 7) is 0. The van der Waals surface area contributed by atoms with Crippen LogP contribution in [0.4, 0.5) is 0 Å². The fraction of sp³-hybridized carbons (Fsp3) is 0. The van der Waals surface area contributed by atoms with Gasteiger partial charge in [0, 0.05) is 9.85 Å². The van der Waals surface area contributed by atoms with E-state index in [-0.39, 0.29) is 5.75 Å². The molecule has 3 rings (SSSR count). The van der Waals surface area contributed by atoms with E-state index in [2.05, 4.69) is 26.1 Å². The van der Waals surface area contributed by atoms with Crippen LogP contribution in [0, 0.1) is 0 Å². The summed E-state index contributed by atoms with van der Waals surface area (Å²) in [6.07, 6.45) is 0. The first kappa shape index (κ1) is 11.4. The molecule has 0 radical (unpaired) electrons. The van der Waals surface area contributed by atoms with Gasteiger partial charge in [-0.05, 0) is 34.1 Å². The van der Waals surface area contributed by atoms with E-state index in [1.54, 1.807) is 24.3 Å². The van der Waals surface area contributed by atoms with Crippen LogP contribution in [0.25, 0.3) is 22.2 Å². The highest BCUT2D eigenvalue weighted by Crippen LogP contribution is 2.31. The zero-order chi connectivity index (χ0) is 12.5. The van der Waals surface area contributed by atoms with E-state index in [0.717, 1.165) is 9.35 Å². The minimum absolute atomic E-state index is 0.125. The van der Waals surface area contributed by atoms with Crippen molar-refractivity contribution in [1.82, 2.24) is 10.1 Å². The average Bonchev–Trinajstić information content (AvgIpc) is 2.98. The largest absolute Gasteiger partial charge is 0.507 e. The molecule has 0 atom stereocenters. The Kier molecular flexibility index (Phi) is 2.89. The lowest BCUT2D eigenvalue weighted by atomic mass is 10.2. The molecule has 1 N–H and O–H groups in total. The first-order valence-electron chi connectivity index (χ1n) is 5.10. The number of halogens is 1. The quantitative estimate of drug-likeness (QED) is 0.776. The Morgan fingerprint density at radius 1 is 1.28 bits per heavy atom. The van der Waals surface area contributed by atoms with Gasteiger partial charge in [0.25, 0.3) is 5.89 Å². The van der Waals surface area contributed by atoms with Crippen LogP contribution in [0.1, 0.15) is 0 Å². The van der Waals surface area contributed by atoms with Crippen LogP contribution in [-0.2, 0) is 0 Å². The van der Waals surface area contributed by atoms with Crippen LogP contribution in [0.15, 0.2) is 44.7 Å². The Morgan fingerprint density at radius 2 is 2.11 bits per heavy atom. The molecule has 2 aromatic heterocycles. The molecule has 18 heavy (non-hydrogen) atoms. The molecule has 0 unspecified atom stereocenters. The molecule has 0 saturated heterocycles. The molecule has 0 fully saturated rings. The number of nitrogens with zero attached hydrogens (tertiary/aromatic N) is 2. The van der Waals surface area contributed by atoms with Gasteiger partial charge < -0.3 is 9.63 Å². The van der Waals surface area contributed by atoms with Gasteiger partial charge in [0.05, 0.1) is 10.4 Å². The van der Waals surface area contributed by atoms with Gasteiger partial charge in [-0.2, -0.15) is 4.98 Å². The van der Waals surface area contributed by atoms with Gasteiger partial charge in [0.1, 0.15) is 5.75 Å². The summed E-state index contributed by atoms with van der Waals surface area (Å²) in [5, 5.41) is 15.6. The second-order valence-corrected chi connectivity index (χ2v) is 5.40. The van der Waals surface area contributed by atoms with Crippen LogP contribution in [-0.4, -0.2) is 15.2 Å². The SMILES string of the molecule is Oc1ccccc1-c1nc(-c2cc(Br)cs2)no1. The number of hydrogen-bond donors (Lipinski definition) is 1. The maximum Gasteiger partial charge on any atom is 0.262 e. The number of rotatable bonds is 2. The van der Waals surface area contributed by atoms with E-state index in [1.807, 2.05) is 11.4 Å². The van der Waals surface area contributed by atoms with Gasteiger partial charge >= 0.3 is 0 Å². The molecule has 0 aliphatic carbocycles. The Morgan fingerprint density at radius 3 is 2.83 bits per heavy atom. The van der Waals surface area contributed by atoms with E-state index in [9.17, 15) is 5.11 Å². The third-order valence-corrected chi connectivity index (χ3v) is 4.04. The first-order valence-corrected chi connectivity index (χ1v) is 6.78. The van der Waals surface area contributed by atoms with Gasteiger partial charge in [0.15, 0.2) is 0 Å². The van der Waals surface area contributed by atoms with Gasteiger partial charge in [0.2, 0.25) is 5.82 Å². The summed E-state index contributed by atoms with van der Waals surface area (Å²) < 4.78 is 6.15. The van der Waals surface area contributed by atoms with Crippen molar-refractivity contribution in [3.63, 3.8) is 0 Å². The molecule has 90 valence electrons. The Hall–Kier alpha value is -1.66. The van der Waals surface area contributed by atoms with Crippen LogP contribution >= 0.6 is 27.3 Å². The number of para-hydroxylation sites is 1. The lowest BCUT2D eigenvalue weighted by Gasteiger charge is -1.96. The second-order valence-electron chi connectivity index (χ2n) is 3.57. The number of hydrogen-bond acceptors (Lipinski definition) is 5. The fourth-order valence-electron chi connectivity index (χ4n) is 1.52. The maximum atomic E-state index is 9.72. The van der Waals surface area contributed by atoms with Crippen molar-refractivity contribution in [1.29, 1.82) is 0 Å². The lowest BCUT2D eigenvalue weighted by molar-refractivity contribution is 0.426. The first-order chi connectivity index (χ1) is 8.74. The normalized spacial score (nSPS) is 10.7. The molecule has 0 bridgehead atoms. The van der Waals surface area contributed by atoms with Gasteiger partial charge in [-0.3, -0.25) is 0 Å². The fourth-order valence-corrected chi connectivity index (χ4v) is 2.87. The molecule has 0 saturated carbocycles. The van der Waals surface area contributed by atoms with Crippen molar-refractivity contribution in [3.05, 3.63) is 40.2 Å². The Bertz CT molecular complexity index is 693. The van der Waals surface area contributed by atoms with Gasteiger partial charge in [-0.1, -0.05) is 17.3 Å². The maximum absolute atomic E-state index is 9.72. The summed E-state index contributed by atoms with van der Waals surface area (Å²) in [5.74, 6) is 0.955. The highest BCUT2D eigenvalue weighted by Gasteiger charge is 2.14. The predicted molar refractivity (Wildman–Crippen MR) is 72.4 cm³/mol. The smallest absolute Gasteiger partial charge is 0.262 e. The van der Waals surface area contributed by atoms with Crippen LogP contribution < -0.4 is 0 Å². The number of benzene rings is 1. The molecule has 0 spiro atoms. The molecular weight excluding hydrogens is 316 g/mol. The van der Waals surface area contributed by atoms with E-state index < -0.39 is 0 Å². The summed E-state index contributed by atoms with van der Waals surface area (Å²) >= 11 is 4.90. The third kappa shape index (κ3) is 2.04. The zero-order valence-electron chi connectivity index (χ0n) is 9.00. The van der Waals surface area contributed by atoms with Crippen molar-refractivity contribution >= 4 is 27.3 Å². The molecule has 0 aliphatic rings. The number of aromatic hydroxyl groups is 1. The second kappa shape index (κ2) is 4.55. The number of thiophene rings is 1. The van der Waals surface area contributed by atoms with Crippen molar-refractivity contribution in [2.75, 3.05) is 0 Å². The molecule has 0 amide bonds. The third-order valence-electron chi connectivity index (χ3n) is 2.35. The minimum Gasteiger partial charge on any atom is -0.507 e. The van der Waals surface area contributed by atoms with E-state index in [0.29, 0.717) is 17.3 Å². The Balaban J connectivity index is 2.02. The molecule has 0 aliphatic heterocycles. The number of phenolic OH excluding ortho intramolecular Hbond substituents is 1. The molecule has 3 aromatic rings. The van der Waals surface area contributed by atoms with Crippen LogP contribution in [0.3, 0.4) is 0 Å². The number of aromatic nitrogens is 2. The summed E-state index contributed by atoms with van der Waals surface area (Å²) in [7, 11) is 0. The summed E-state index contributed by atoms with van der Waals surface area (Å²) in [6, 6.07) is 8.79. The predicted octanol–water partition coefficient (Wildman–Crippen LogP) is 3.93. The highest BCUT2D eigenvalue weighted by molar-refractivity contribution is 9.10. The van der Waals surface area contributed by atoms with E-state index in [4.69, 9.17) is 4.52 Å². The monoisotopic (exact) mass is 322 g/mol. The van der Waals surface area contributed by atoms with Crippen LogP contribution in [0.5, 0.6) is 5.75 Å². The topological polar surface area (TPSA) is 59.2 Å². The highest BCUT2D eigenvalue weighted by atomic mass is 79.9. The van der Waals surface area contributed by atoms with Gasteiger partial charge in [-0.25, -0.2) is 0 Å². The zero-order valence-corrected chi connectivity index (χ0v) is 11.4. The van der Waals surface area contributed by atoms with Crippen molar-refractivity contribution < 1.29 is 9.63 Å². The molecule has 6 heteroatoms. The molecule has 4 nitrogen and oxygen atoms in total. The molecule has 1 aromatic carbocycles. The van der Waals surface area contributed by atoms with Crippen molar-refractivity contribution in [3.8, 4) is 27.9 Å². The standard InChI is InChI=1S/C12H7BrN2O2S/c13-7-5-10(18-6-7)11-14-12(17-15-11)8-3-1-2-4-9(8)16/h1-6,16H. The van der Waals surface area contributed by atoms with E-state index in [1.165, 1.54) is 11.3 Å². The summed E-state index contributed by atoms with van der Waals surface area (Å²) in [4.78, 5) is 5.19. The minimum atomic E-state index is 0.125. The average molecular weight is 323 g/mol. The lowest BCUT2D eigenvalue weighted by Crippen LogP contribution is -1.79. The summed E-state index contributed by atoms with van der Waals surface area (Å²) in [5.41, 5.74) is 0.534. The number of phenols is 1.